The topological polar surface area (TPSA) is 53.4 Å². The number of carboxylic acids is 1. The van der Waals surface area contributed by atoms with E-state index in [9.17, 15) is 9.18 Å². The second-order valence-corrected chi connectivity index (χ2v) is 4.69. The Morgan fingerprint density at radius 1 is 1.67 bits per heavy atom. The highest BCUT2D eigenvalue weighted by molar-refractivity contribution is 5.93. The number of hydrogen-bond acceptors (Lipinski definition) is 3. The maximum atomic E-state index is 13.1. The number of piperidine rings is 1. The van der Waals surface area contributed by atoms with Crippen molar-refractivity contribution in [1.29, 1.82) is 0 Å². The highest BCUT2D eigenvalue weighted by Gasteiger charge is 2.24. The van der Waals surface area contributed by atoms with E-state index in [1.807, 2.05) is 4.90 Å². The van der Waals surface area contributed by atoms with Crippen LogP contribution in [0.3, 0.4) is 0 Å². The smallest absolute Gasteiger partial charge is 0.339 e. The third-order valence-corrected chi connectivity index (χ3v) is 3.46. The first kappa shape index (κ1) is 12.8. The number of anilines is 1. The number of nitrogens with zero attached hydrogens (tertiary/aromatic N) is 2. The predicted molar refractivity (Wildman–Crippen MR) is 66.4 cm³/mol. The first-order valence-corrected chi connectivity index (χ1v) is 6.25. The number of aromatic carboxylic acids is 1. The standard InChI is InChI=1S/C13H17FN2O2/c1-2-9-4-3-5-16(8-9)12-11(13(17)18)6-10(14)7-15-12/h6-7,9H,2-5,8H2,1H3,(H,17,18). The Bertz CT molecular complexity index is 451. The molecular weight excluding hydrogens is 235 g/mol. The van der Waals surface area contributed by atoms with Crippen molar-refractivity contribution in [2.75, 3.05) is 18.0 Å². The third kappa shape index (κ3) is 2.60. The molecule has 1 aromatic rings. The molecule has 1 aliphatic heterocycles. The monoisotopic (exact) mass is 252 g/mol. The third-order valence-electron chi connectivity index (χ3n) is 3.46. The molecule has 1 aromatic heterocycles. The fraction of sp³-hybridized carbons (Fsp3) is 0.538. The number of rotatable bonds is 3. The summed E-state index contributed by atoms with van der Waals surface area (Å²) in [7, 11) is 0. The molecule has 0 aliphatic carbocycles. The fourth-order valence-corrected chi connectivity index (χ4v) is 2.43. The number of carbonyl (C=O) groups is 1. The maximum Gasteiger partial charge on any atom is 0.339 e. The summed E-state index contributed by atoms with van der Waals surface area (Å²) in [4.78, 5) is 17.1. The van der Waals surface area contributed by atoms with Crippen LogP contribution in [0.25, 0.3) is 0 Å². The van der Waals surface area contributed by atoms with Crippen LogP contribution in [-0.2, 0) is 0 Å². The summed E-state index contributed by atoms with van der Waals surface area (Å²) in [5.41, 5.74) is -0.0493. The van der Waals surface area contributed by atoms with Gasteiger partial charge in [0.05, 0.1) is 6.20 Å². The Morgan fingerprint density at radius 2 is 2.44 bits per heavy atom. The average molecular weight is 252 g/mol. The summed E-state index contributed by atoms with van der Waals surface area (Å²) >= 11 is 0. The molecule has 98 valence electrons. The molecule has 0 spiro atoms. The first-order valence-electron chi connectivity index (χ1n) is 6.25. The molecule has 2 heterocycles. The molecule has 1 atom stereocenters. The lowest BCUT2D eigenvalue weighted by Gasteiger charge is -2.33. The molecule has 1 aliphatic rings. The van der Waals surface area contributed by atoms with E-state index in [1.54, 1.807) is 0 Å². The quantitative estimate of drug-likeness (QED) is 0.898. The summed E-state index contributed by atoms with van der Waals surface area (Å²) in [6.07, 6.45) is 4.34. The van der Waals surface area contributed by atoms with Crippen molar-refractivity contribution in [2.45, 2.75) is 26.2 Å². The minimum atomic E-state index is -1.13. The van der Waals surface area contributed by atoms with Crippen LogP contribution in [0.2, 0.25) is 0 Å². The van der Waals surface area contributed by atoms with Crippen LogP contribution in [0.4, 0.5) is 10.2 Å². The second-order valence-electron chi connectivity index (χ2n) is 4.69. The summed E-state index contributed by atoms with van der Waals surface area (Å²) in [5.74, 6) is -0.787. The lowest BCUT2D eigenvalue weighted by Crippen LogP contribution is -2.36. The summed E-state index contributed by atoms with van der Waals surface area (Å²) in [6, 6.07) is 1.04. The van der Waals surface area contributed by atoms with E-state index >= 15 is 0 Å². The molecule has 4 nitrogen and oxygen atoms in total. The highest BCUT2D eigenvalue weighted by Crippen LogP contribution is 2.26. The average Bonchev–Trinajstić information content (AvgIpc) is 2.38. The van der Waals surface area contributed by atoms with Gasteiger partial charge < -0.3 is 10.0 Å². The minimum absolute atomic E-state index is 0.0493. The Hall–Kier alpha value is -1.65. The van der Waals surface area contributed by atoms with Gasteiger partial charge in [0.15, 0.2) is 0 Å². The fourth-order valence-electron chi connectivity index (χ4n) is 2.43. The normalized spacial score (nSPS) is 19.9. The van der Waals surface area contributed by atoms with E-state index in [0.717, 1.165) is 44.6 Å². The molecule has 2 rings (SSSR count). The van der Waals surface area contributed by atoms with Crippen LogP contribution in [0.5, 0.6) is 0 Å². The van der Waals surface area contributed by atoms with Crippen molar-refractivity contribution in [3.8, 4) is 0 Å². The van der Waals surface area contributed by atoms with Gasteiger partial charge in [-0.05, 0) is 24.8 Å². The van der Waals surface area contributed by atoms with Crippen LogP contribution in [0.15, 0.2) is 12.3 Å². The number of pyridine rings is 1. The van der Waals surface area contributed by atoms with Gasteiger partial charge in [0.25, 0.3) is 0 Å². The summed E-state index contributed by atoms with van der Waals surface area (Å²) in [6.45, 7) is 3.72. The molecule has 1 unspecified atom stereocenters. The molecule has 0 aromatic carbocycles. The van der Waals surface area contributed by atoms with Gasteiger partial charge in [0.2, 0.25) is 0 Å². The van der Waals surface area contributed by atoms with Crippen molar-refractivity contribution in [1.82, 2.24) is 4.98 Å². The van der Waals surface area contributed by atoms with Crippen molar-refractivity contribution >= 4 is 11.8 Å². The number of hydrogen-bond donors (Lipinski definition) is 1. The molecule has 1 N–H and O–H groups in total. The Kier molecular flexibility index (Phi) is 3.79. The Labute approximate surface area is 105 Å². The molecular formula is C13H17FN2O2. The van der Waals surface area contributed by atoms with Gasteiger partial charge in [-0.25, -0.2) is 14.2 Å². The summed E-state index contributed by atoms with van der Waals surface area (Å²) in [5, 5.41) is 9.11. The van der Waals surface area contributed by atoms with Gasteiger partial charge in [-0.1, -0.05) is 13.3 Å². The highest BCUT2D eigenvalue weighted by atomic mass is 19.1. The maximum absolute atomic E-state index is 13.1. The number of carboxylic acid groups (broad SMARTS) is 1. The van der Waals surface area contributed by atoms with Crippen molar-refractivity contribution in [3.63, 3.8) is 0 Å². The van der Waals surface area contributed by atoms with E-state index < -0.39 is 11.8 Å². The number of aromatic nitrogens is 1. The zero-order chi connectivity index (χ0) is 13.1. The zero-order valence-corrected chi connectivity index (χ0v) is 10.4. The van der Waals surface area contributed by atoms with Crippen molar-refractivity contribution in [3.05, 3.63) is 23.6 Å². The van der Waals surface area contributed by atoms with Crippen molar-refractivity contribution in [2.24, 2.45) is 5.92 Å². The molecule has 1 saturated heterocycles. The largest absolute Gasteiger partial charge is 0.478 e. The molecule has 0 saturated carbocycles. The molecule has 0 radical (unpaired) electrons. The molecule has 0 amide bonds. The lowest BCUT2D eigenvalue weighted by molar-refractivity contribution is 0.0696. The first-order chi connectivity index (χ1) is 8.61. The van der Waals surface area contributed by atoms with Crippen LogP contribution in [0, 0.1) is 11.7 Å². The Balaban J connectivity index is 2.29. The molecule has 18 heavy (non-hydrogen) atoms. The van der Waals surface area contributed by atoms with Gasteiger partial charge in [0, 0.05) is 13.1 Å². The number of halogens is 1. The second kappa shape index (κ2) is 5.33. The minimum Gasteiger partial charge on any atom is -0.478 e. The van der Waals surface area contributed by atoms with Crippen molar-refractivity contribution < 1.29 is 14.3 Å². The molecule has 0 bridgehead atoms. The van der Waals surface area contributed by atoms with E-state index in [1.165, 1.54) is 0 Å². The van der Waals surface area contributed by atoms with Gasteiger partial charge in [-0.3, -0.25) is 0 Å². The van der Waals surface area contributed by atoms with E-state index in [0.29, 0.717) is 11.7 Å². The van der Waals surface area contributed by atoms with Gasteiger partial charge in [0.1, 0.15) is 17.2 Å². The predicted octanol–water partition coefficient (Wildman–Crippen LogP) is 2.55. The van der Waals surface area contributed by atoms with Crippen LogP contribution >= 0.6 is 0 Å². The molecule has 1 fully saturated rings. The van der Waals surface area contributed by atoms with Crippen LogP contribution in [-0.4, -0.2) is 29.1 Å². The van der Waals surface area contributed by atoms with Crippen LogP contribution in [0.1, 0.15) is 36.5 Å². The van der Waals surface area contributed by atoms with Gasteiger partial charge >= 0.3 is 5.97 Å². The van der Waals surface area contributed by atoms with E-state index in [2.05, 4.69) is 11.9 Å². The van der Waals surface area contributed by atoms with Gasteiger partial charge in [-0.2, -0.15) is 0 Å². The van der Waals surface area contributed by atoms with Crippen LogP contribution < -0.4 is 4.90 Å². The van der Waals surface area contributed by atoms with E-state index in [-0.39, 0.29) is 5.56 Å². The Morgan fingerprint density at radius 3 is 3.11 bits per heavy atom. The summed E-state index contributed by atoms with van der Waals surface area (Å²) < 4.78 is 13.1. The lowest BCUT2D eigenvalue weighted by atomic mass is 9.95. The SMILES string of the molecule is CCC1CCCN(c2ncc(F)cc2C(=O)O)C1. The zero-order valence-electron chi connectivity index (χ0n) is 10.4. The van der Waals surface area contributed by atoms with Gasteiger partial charge in [-0.15, -0.1) is 0 Å². The molecule has 5 heteroatoms. The van der Waals surface area contributed by atoms with E-state index in [4.69, 9.17) is 5.11 Å².